The molecule has 0 aromatic heterocycles. The second-order valence-electron chi connectivity index (χ2n) is 6.49. The van der Waals surface area contributed by atoms with E-state index >= 15 is 0 Å². The zero-order valence-electron chi connectivity index (χ0n) is 12.4. The first-order valence-electron chi connectivity index (χ1n) is 7.72. The zero-order valence-corrected chi connectivity index (χ0v) is 14.0. The topological polar surface area (TPSA) is 41.6 Å². The molecule has 3 fully saturated rings. The van der Waals surface area contributed by atoms with Crippen molar-refractivity contribution in [2.75, 3.05) is 52.4 Å². The minimum Gasteiger partial charge on any atom is -1.00 e. The monoisotopic (exact) mass is 323 g/mol. The standard InChI is InChI=1S/C13H27N3O2P.ClH/c1-13-3-8-16(9-4-13)10-6-15(7-11-16)19(17)14-5-2-12-18-19;/h13H,2-12H2,1H3,(H,14,17);1H/q+1;/p-1. The van der Waals surface area contributed by atoms with Gasteiger partial charge in [0.05, 0.1) is 45.9 Å². The maximum atomic E-state index is 12.7. The van der Waals surface area contributed by atoms with E-state index in [1.807, 2.05) is 0 Å². The number of halogens is 1. The molecule has 1 unspecified atom stereocenters. The van der Waals surface area contributed by atoms with E-state index in [2.05, 4.69) is 16.7 Å². The molecule has 0 radical (unpaired) electrons. The number of nitrogens with one attached hydrogen (secondary N) is 1. The van der Waals surface area contributed by atoms with E-state index in [1.54, 1.807) is 0 Å². The Hall–Kier alpha value is 0.360. The van der Waals surface area contributed by atoms with Gasteiger partial charge in [0.25, 0.3) is 0 Å². The summed E-state index contributed by atoms with van der Waals surface area (Å²) in [5.41, 5.74) is 0. The van der Waals surface area contributed by atoms with Crippen LogP contribution in [0, 0.1) is 5.92 Å². The van der Waals surface area contributed by atoms with Gasteiger partial charge in [0.1, 0.15) is 0 Å². The van der Waals surface area contributed by atoms with Crippen molar-refractivity contribution in [1.82, 2.24) is 9.76 Å². The molecular weight excluding hydrogens is 297 g/mol. The average molecular weight is 324 g/mol. The lowest BCUT2D eigenvalue weighted by molar-refractivity contribution is -0.936. The summed E-state index contributed by atoms with van der Waals surface area (Å²) in [6.07, 6.45) is 3.68. The van der Waals surface area contributed by atoms with E-state index in [9.17, 15) is 4.57 Å². The fourth-order valence-corrected chi connectivity index (χ4v) is 5.52. The molecule has 1 N–H and O–H groups in total. The van der Waals surface area contributed by atoms with Crippen LogP contribution in [0.4, 0.5) is 0 Å². The van der Waals surface area contributed by atoms with Crippen LogP contribution in [0.5, 0.6) is 0 Å². The molecule has 1 spiro atoms. The lowest BCUT2D eigenvalue weighted by atomic mass is 9.96. The summed E-state index contributed by atoms with van der Waals surface area (Å²) in [7, 11) is -2.70. The fraction of sp³-hybridized carbons (Fsp3) is 1.00. The molecule has 0 aromatic carbocycles. The van der Waals surface area contributed by atoms with Crippen molar-refractivity contribution in [3.8, 4) is 0 Å². The third-order valence-electron chi connectivity index (χ3n) is 5.13. The third-order valence-corrected chi connectivity index (χ3v) is 7.43. The van der Waals surface area contributed by atoms with Crippen molar-refractivity contribution < 1.29 is 26.0 Å². The van der Waals surface area contributed by atoms with Gasteiger partial charge >= 0.3 is 7.67 Å². The molecule has 0 saturated carbocycles. The molecule has 20 heavy (non-hydrogen) atoms. The van der Waals surface area contributed by atoms with E-state index < -0.39 is 7.67 Å². The minimum absolute atomic E-state index is 0. The van der Waals surface area contributed by atoms with Crippen molar-refractivity contribution >= 4 is 7.67 Å². The maximum Gasteiger partial charge on any atom is 0.343 e. The fourth-order valence-electron chi connectivity index (χ4n) is 3.54. The normalized spacial score (nSPS) is 35.6. The van der Waals surface area contributed by atoms with Gasteiger partial charge in [0.2, 0.25) is 0 Å². The Bertz CT molecular complexity index is 355. The zero-order chi connectivity index (χ0) is 13.3. The van der Waals surface area contributed by atoms with Crippen molar-refractivity contribution in [2.45, 2.75) is 26.2 Å². The first-order chi connectivity index (χ1) is 9.12. The first-order valence-corrected chi connectivity index (χ1v) is 9.30. The van der Waals surface area contributed by atoms with Crippen LogP contribution >= 0.6 is 7.67 Å². The molecule has 7 heteroatoms. The van der Waals surface area contributed by atoms with E-state index in [-0.39, 0.29) is 12.4 Å². The Morgan fingerprint density at radius 1 is 1.20 bits per heavy atom. The van der Waals surface area contributed by atoms with Crippen LogP contribution in [0.1, 0.15) is 26.2 Å². The highest BCUT2D eigenvalue weighted by Gasteiger charge is 2.42. The van der Waals surface area contributed by atoms with Crippen LogP contribution in [0.2, 0.25) is 0 Å². The highest BCUT2D eigenvalue weighted by molar-refractivity contribution is 7.54. The number of hydrogen-bond donors (Lipinski definition) is 1. The molecule has 3 rings (SSSR count). The molecule has 3 heterocycles. The third kappa shape index (κ3) is 3.40. The van der Waals surface area contributed by atoms with Gasteiger partial charge in [-0.25, -0.2) is 9.76 Å². The number of piperidine rings is 1. The number of quaternary nitrogens is 1. The van der Waals surface area contributed by atoms with Crippen molar-refractivity contribution in [3.05, 3.63) is 0 Å². The van der Waals surface area contributed by atoms with E-state index in [0.717, 1.165) is 45.1 Å². The van der Waals surface area contributed by atoms with Gasteiger partial charge in [-0.15, -0.1) is 0 Å². The Morgan fingerprint density at radius 2 is 1.85 bits per heavy atom. The van der Waals surface area contributed by atoms with E-state index in [1.165, 1.54) is 30.4 Å². The number of nitrogens with zero attached hydrogens (tertiary/aromatic N) is 2. The highest BCUT2D eigenvalue weighted by atomic mass is 35.5. The number of rotatable bonds is 1. The Labute approximate surface area is 128 Å². The molecule has 3 aliphatic heterocycles. The Morgan fingerprint density at radius 3 is 2.40 bits per heavy atom. The molecule has 0 bridgehead atoms. The molecule has 118 valence electrons. The van der Waals surface area contributed by atoms with Gasteiger partial charge in [-0.3, -0.25) is 4.57 Å². The summed E-state index contributed by atoms with van der Waals surface area (Å²) in [5, 5.41) is 3.12. The molecular formula is C13H27ClN3O2P. The smallest absolute Gasteiger partial charge is 0.343 e. The molecule has 5 nitrogen and oxygen atoms in total. The van der Waals surface area contributed by atoms with Gasteiger partial charge in [-0.1, -0.05) is 6.92 Å². The van der Waals surface area contributed by atoms with Gasteiger partial charge in [0.15, 0.2) is 0 Å². The van der Waals surface area contributed by atoms with Crippen LogP contribution in [0.3, 0.4) is 0 Å². The highest BCUT2D eigenvalue weighted by Crippen LogP contribution is 2.49. The Balaban J connectivity index is 0.00000147. The molecule has 0 aliphatic carbocycles. The summed E-state index contributed by atoms with van der Waals surface area (Å²) in [6.45, 7) is 10.6. The first kappa shape index (κ1) is 16.7. The van der Waals surface area contributed by atoms with Crippen LogP contribution < -0.4 is 17.5 Å². The van der Waals surface area contributed by atoms with Gasteiger partial charge in [-0.05, 0) is 25.2 Å². The Kier molecular flexibility index (Phi) is 5.55. The predicted octanol–water partition coefficient (Wildman–Crippen LogP) is -1.33. The van der Waals surface area contributed by atoms with Crippen LogP contribution in [0.25, 0.3) is 0 Å². The van der Waals surface area contributed by atoms with Crippen molar-refractivity contribution in [2.24, 2.45) is 5.92 Å². The second-order valence-corrected chi connectivity index (χ2v) is 8.67. The molecule has 3 saturated heterocycles. The summed E-state index contributed by atoms with van der Waals surface area (Å²) in [6, 6.07) is 0. The van der Waals surface area contributed by atoms with Gasteiger partial charge in [0, 0.05) is 6.54 Å². The summed E-state index contributed by atoms with van der Waals surface area (Å²) < 4.78 is 21.6. The lowest BCUT2D eigenvalue weighted by Gasteiger charge is -2.49. The molecule has 3 aliphatic rings. The SMILES string of the molecule is CC1CC[N+]2(CC1)CCN(P1(=O)NCCCO1)CC2.[Cl-]. The summed E-state index contributed by atoms with van der Waals surface area (Å²) in [5.74, 6) is 0.892. The van der Waals surface area contributed by atoms with Gasteiger partial charge < -0.3 is 21.4 Å². The molecule has 0 amide bonds. The maximum absolute atomic E-state index is 12.7. The minimum atomic E-state index is -2.70. The van der Waals surface area contributed by atoms with Gasteiger partial charge in [-0.2, -0.15) is 0 Å². The second kappa shape index (κ2) is 6.64. The van der Waals surface area contributed by atoms with Crippen LogP contribution in [0.15, 0.2) is 0 Å². The van der Waals surface area contributed by atoms with E-state index in [4.69, 9.17) is 4.52 Å². The lowest BCUT2D eigenvalue weighted by Crippen LogP contribution is -3.00. The number of piperazine rings is 1. The molecule has 0 aromatic rings. The van der Waals surface area contributed by atoms with E-state index in [0.29, 0.717) is 6.61 Å². The number of hydrogen-bond acceptors (Lipinski definition) is 2. The largest absolute Gasteiger partial charge is 1.00 e. The summed E-state index contributed by atoms with van der Waals surface area (Å²) >= 11 is 0. The quantitative estimate of drug-likeness (QED) is 0.480. The van der Waals surface area contributed by atoms with Crippen molar-refractivity contribution in [3.63, 3.8) is 0 Å². The molecule has 1 atom stereocenters. The summed E-state index contributed by atoms with van der Waals surface area (Å²) in [4.78, 5) is 0. The van der Waals surface area contributed by atoms with Crippen LogP contribution in [-0.2, 0) is 9.09 Å². The van der Waals surface area contributed by atoms with Crippen LogP contribution in [-0.4, -0.2) is 61.6 Å². The predicted molar refractivity (Wildman–Crippen MR) is 75.9 cm³/mol. The average Bonchev–Trinajstić information content (AvgIpc) is 2.44. The van der Waals surface area contributed by atoms with Crippen molar-refractivity contribution in [1.29, 1.82) is 0 Å².